The molecule has 2 heterocycles. The largest absolute Gasteiger partial charge is 0.444 e. The maximum absolute atomic E-state index is 14.8. The standard InChI is InChI=1S/C22H29FN4O5/c1-13-12-26(21(31)32-22(2,3)4)9-10-27(13)14-5-6-15(16(23)11-14)19(29)24-17-7-8-18(28)25-20(17)30/h5-6,11,13,17H,7-10,12H2,1-4H3,(H,24,29)(H,25,28,30)/t13-,17?/m1/s1. The van der Waals surface area contributed by atoms with E-state index in [0.717, 1.165) is 0 Å². The van der Waals surface area contributed by atoms with Gasteiger partial charge in [-0.1, -0.05) is 0 Å². The van der Waals surface area contributed by atoms with E-state index in [1.165, 1.54) is 12.1 Å². The molecule has 0 bridgehead atoms. The molecule has 2 N–H and O–H groups in total. The normalized spacial score (nSPS) is 21.8. The summed E-state index contributed by atoms with van der Waals surface area (Å²) in [6.07, 6.45) is -0.0866. The van der Waals surface area contributed by atoms with Gasteiger partial charge in [0.15, 0.2) is 0 Å². The minimum Gasteiger partial charge on any atom is -0.444 e. The molecule has 2 aliphatic heterocycles. The van der Waals surface area contributed by atoms with Crippen LogP contribution in [0.25, 0.3) is 0 Å². The number of carbonyl (C=O) groups is 4. The van der Waals surface area contributed by atoms with Gasteiger partial charge >= 0.3 is 6.09 Å². The number of anilines is 1. The summed E-state index contributed by atoms with van der Waals surface area (Å²) in [4.78, 5) is 51.4. The van der Waals surface area contributed by atoms with Crippen LogP contribution in [-0.2, 0) is 14.3 Å². The van der Waals surface area contributed by atoms with E-state index in [-0.39, 0.29) is 30.5 Å². The number of carbonyl (C=O) groups excluding carboxylic acids is 4. The van der Waals surface area contributed by atoms with Gasteiger partial charge in [-0.15, -0.1) is 0 Å². The number of piperidine rings is 1. The minimum atomic E-state index is -0.875. The Kier molecular flexibility index (Phi) is 6.71. The summed E-state index contributed by atoms with van der Waals surface area (Å²) in [5.74, 6) is -2.42. The lowest BCUT2D eigenvalue weighted by Crippen LogP contribution is -2.54. The van der Waals surface area contributed by atoms with Crippen LogP contribution in [0.3, 0.4) is 0 Å². The molecule has 2 aliphatic rings. The number of nitrogens with zero attached hydrogens (tertiary/aromatic N) is 2. The van der Waals surface area contributed by atoms with Crippen molar-refractivity contribution in [3.63, 3.8) is 0 Å². The average Bonchev–Trinajstić information content (AvgIpc) is 2.68. The van der Waals surface area contributed by atoms with Gasteiger partial charge in [-0.05, 0) is 52.3 Å². The molecule has 0 aromatic heterocycles. The van der Waals surface area contributed by atoms with Gasteiger partial charge in [-0.25, -0.2) is 9.18 Å². The van der Waals surface area contributed by atoms with Crippen molar-refractivity contribution in [3.8, 4) is 0 Å². The molecule has 2 saturated heterocycles. The minimum absolute atomic E-state index is 0.0844. The van der Waals surface area contributed by atoms with Crippen LogP contribution in [0.5, 0.6) is 0 Å². The molecular weight excluding hydrogens is 419 g/mol. The Bertz CT molecular complexity index is 929. The van der Waals surface area contributed by atoms with E-state index in [2.05, 4.69) is 10.6 Å². The quantitative estimate of drug-likeness (QED) is 0.683. The maximum Gasteiger partial charge on any atom is 0.410 e. The Morgan fingerprint density at radius 2 is 1.94 bits per heavy atom. The molecule has 4 amide bonds. The number of benzene rings is 1. The zero-order valence-corrected chi connectivity index (χ0v) is 18.7. The second-order valence-corrected chi connectivity index (χ2v) is 9.11. The smallest absolute Gasteiger partial charge is 0.410 e. The van der Waals surface area contributed by atoms with Gasteiger partial charge in [0.05, 0.1) is 5.56 Å². The highest BCUT2D eigenvalue weighted by Crippen LogP contribution is 2.24. The number of imide groups is 1. The van der Waals surface area contributed by atoms with Crippen molar-refractivity contribution in [1.82, 2.24) is 15.5 Å². The van der Waals surface area contributed by atoms with Crippen molar-refractivity contribution >= 4 is 29.5 Å². The summed E-state index contributed by atoms with van der Waals surface area (Å²) in [5.41, 5.74) is -0.167. The first-order valence-corrected chi connectivity index (χ1v) is 10.6. The lowest BCUT2D eigenvalue weighted by Gasteiger charge is -2.41. The predicted octanol–water partition coefficient (Wildman–Crippen LogP) is 1.81. The van der Waals surface area contributed by atoms with Gasteiger partial charge in [-0.3, -0.25) is 19.7 Å². The van der Waals surface area contributed by atoms with Crippen LogP contribution in [0, 0.1) is 5.82 Å². The van der Waals surface area contributed by atoms with Gasteiger partial charge in [0.25, 0.3) is 5.91 Å². The molecule has 0 saturated carbocycles. The number of rotatable bonds is 3. The van der Waals surface area contributed by atoms with Gasteiger partial charge in [0, 0.05) is 37.8 Å². The van der Waals surface area contributed by atoms with Crippen molar-refractivity contribution in [2.45, 2.75) is 58.2 Å². The number of ether oxygens (including phenoxy) is 1. The van der Waals surface area contributed by atoms with E-state index >= 15 is 0 Å². The summed E-state index contributed by atoms with van der Waals surface area (Å²) in [7, 11) is 0. The van der Waals surface area contributed by atoms with Gasteiger partial charge in [0.1, 0.15) is 17.5 Å². The average molecular weight is 448 g/mol. The molecule has 2 atom stereocenters. The third-order valence-corrected chi connectivity index (χ3v) is 5.35. The topological polar surface area (TPSA) is 108 Å². The molecule has 1 aromatic rings. The Hall–Kier alpha value is -3.17. The third-order valence-electron chi connectivity index (χ3n) is 5.35. The molecule has 32 heavy (non-hydrogen) atoms. The number of hydrogen-bond acceptors (Lipinski definition) is 6. The first-order valence-electron chi connectivity index (χ1n) is 10.6. The molecule has 1 unspecified atom stereocenters. The molecule has 9 nitrogen and oxygen atoms in total. The van der Waals surface area contributed by atoms with Gasteiger partial charge in [0.2, 0.25) is 11.8 Å². The number of amides is 4. The number of piperazine rings is 1. The van der Waals surface area contributed by atoms with Crippen LogP contribution in [0.1, 0.15) is 50.9 Å². The van der Waals surface area contributed by atoms with Crippen molar-refractivity contribution in [1.29, 1.82) is 0 Å². The second kappa shape index (κ2) is 9.13. The first-order chi connectivity index (χ1) is 14.9. The molecule has 0 aliphatic carbocycles. The van der Waals surface area contributed by atoms with Crippen LogP contribution in [-0.4, -0.2) is 66.0 Å². The predicted molar refractivity (Wildman–Crippen MR) is 115 cm³/mol. The summed E-state index contributed by atoms with van der Waals surface area (Å²) < 4.78 is 20.2. The highest BCUT2D eigenvalue weighted by molar-refractivity contribution is 6.03. The Morgan fingerprint density at radius 3 is 2.53 bits per heavy atom. The Morgan fingerprint density at radius 1 is 1.22 bits per heavy atom. The zero-order chi connectivity index (χ0) is 23.6. The monoisotopic (exact) mass is 448 g/mol. The highest BCUT2D eigenvalue weighted by Gasteiger charge is 2.31. The fraction of sp³-hybridized carbons (Fsp3) is 0.545. The van der Waals surface area contributed by atoms with Crippen molar-refractivity contribution in [2.24, 2.45) is 0 Å². The number of nitrogens with one attached hydrogen (secondary N) is 2. The summed E-state index contributed by atoms with van der Waals surface area (Å²) in [5, 5.41) is 4.63. The maximum atomic E-state index is 14.8. The van der Waals surface area contributed by atoms with Crippen molar-refractivity contribution < 1.29 is 28.3 Å². The SMILES string of the molecule is C[C@@H]1CN(C(=O)OC(C)(C)C)CCN1c1ccc(C(=O)NC2CCC(=O)NC2=O)c(F)c1. The van der Waals surface area contributed by atoms with Crippen LogP contribution in [0.4, 0.5) is 14.9 Å². The van der Waals surface area contributed by atoms with E-state index < -0.39 is 35.2 Å². The van der Waals surface area contributed by atoms with Crippen molar-refractivity contribution in [2.75, 3.05) is 24.5 Å². The summed E-state index contributed by atoms with van der Waals surface area (Å²) >= 11 is 0. The van der Waals surface area contributed by atoms with E-state index in [9.17, 15) is 23.6 Å². The summed E-state index contributed by atoms with van der Waals surface area (Å²) in [6.45, 7) is 8.70. The second-order valence-electron chi connectivity index (χ2n) is 9.11. The Balaban J connectivity index is 1.64. The van der Waals surface area contributed by atoms with Crippen LogP contribution >= 0.6 is 0 Å². The van der Waals surface area contributed by atoms with Crippen LogP contribution in [0.15, 0.2) is 18.2 Å². The van der Waals surface area contributed by atoms with Crippen LogP contribution in [0.2, 0.25) is 0 Å². The number of halogens is 1. The van der Waals surface area contributed by atoms with Crippen molar-refractivity contribution in [3.05, 3.63) is 29.6 Å². The lowest BCUT2D eigenvalue weighted by atomic mass is 10.0. The molecule has 0 spiro atoms. The van der Waals surface area contributed by atoms with E-state index in [4.69, 9.17) is 4.74 Å². The van der Waals surface area contributed by atoms with Gasteiger partial charge < -0.3 is 19.9 Å². The molecule has 1 aromatic carbocycles. The molecule has 0 radical (unpaired) electrons. The first kappa shape index (κ1) is 23.5. The fourth-order valence-corrected chi connectivity index (χ4v) is 3.77. The summed E-state index contributed by atoms with van der Waals surface area (Å²) in [6, 6.07) is 3.33. The third kappa shape index (κ3) is 5.54. The van der Waals surface area contributed by atoms with E-state index in [1.54, 1.807) is 11.0 Å². The van der Waals surface area contributed by atoms with Crippen LogP contribution < -0.4 is 15.5 Å². The molecule has 10 heteroatoms. The van der Waals surface area contributed by atoms with E-state index in [0.29, 0.717) is 25.3 Å². The molecule has 3 rings (SSSR count). The molecule has 2 fully saturated rings. The zero-order valence-electron chi connectivity index (χ0n) is 18.7. The fourth-order valence-electron chi connectivity index (χ4n) is 3.77. The van der Waals surface area contributed by atoms with Gasteiger partial charge in [-0.2, -0.15) is 0 Å². The lowest BCUT2D eigenvalue weighted by molar-refractivity contribution is -0.134. The Labute approximate surface area is 186 Å². The number of hydrogen-bond donors (Lipinski definition) is 2. The molecule has 174 valence electrons. The van der Waals surface area contributed by atoms with E-state index in [1.807, 2.05) is 32.6 Å². The highest BCUT2D eigenvalue weighted by atomic mass is 19.1. The molecular formula is C22H29FN4O5.